The summed E-state index contributed by atoms with van der Waals surface area (Å²) in [4.78, 5) is 40.0. The Balaban J connectivity index is 1.67. The average molecular weight is 333 g/mol. The van der Waals surface area contributed by atoms with E-state index in [1.165, 1.54) is 4.90 Å². The van der Waals surface area contributed by atoms with Crippen LogP contribution in [0.25, 0.3) is 0 Å². The normalized spacial score (nSPS) is 26.8. The van der Waals surface area contributed by atoms with Crippen molar-refractivity contribution in [3.8, 4) is 0 Å². The number of hydrogen-bond acceptors (Lipinski definition) is 4. The minimum absolute atomic E-state index is 0.0867. The summed E-state index contributed by atoms with van der Waals surface area (Å²) < 4.78 is 5.22. The lowest BCUT2D eigenvalue weighted by atomic mass is 9.73. The van der Waals surface area contributed by atoms with Crippen molar-refractivity contribution in [2.75, 3.05) is 13.6 Å². The van der Waals surface area contributed by atoms with E-state index in [0.717, 1.165) is 24.2 Å². The van der Waals surface area contributed by atoms with E-state index in [1.54, 1.807) is 25.4 Å². The fourth-order valence-electron chi connectivity index (χ4n) is 3.62. The fraction of sp³-hybridized carbons (Fsp3) is 0.588. The number of carbonyl (C=O) groups is 3. The molecule has 24 heavy (non-hydrogen) atoms. The third kappa shape index (κ3) is 2.79. The molecule has 1 aliphatic heterocycles. The first-order valence-electron chi connectivity index (χ1n) is 8.34. The van der Waals surface area contributed by atoms with E-state index in [1.807, 2.05) is 6.92 Å². The van der Waals surface area contributed by atoms with Gasteiger partial charge in [0.2, 0.25) is 5.91 Å². The van der Waals surface area contributed by atoms with Crippen LogP contribution >= 0.6 is 0 Å². The molecule has 1 aromatic rings. The molecular weight excluding hydrogens is 310 g/mol. The van der Waals surface area contributed by atoms with Crippen molar-refractivity contribution in [3.63, 3.8) is 0 Å². The van der Waals surface area contributed by atoms with Crippen LogP contribution in [0.3, 0.4) is 0 Å². The summed E-state index contributed by atoms with van der Waals surface area (Å²) in [6.07, 6.45) is 5.07. The number of hydrogen-bond donors (Lipinski definition) is 1. The van der Waals surface area contributed by atoms with E-state index < -0.39 is 11.6 Å². The summed E-state index contributed by atoms with van der Waals surface area (Å²) >= 11 is 0. The van der Waals surface area contributed by atoms with Gasteiger partial charge < -0.3 is 14.6 Å². The summed E-state index contributed by atoms with van der Waals surface area (Å²) in [5, 5.41) is 2.86. The van der Waals surface area contributed by atoms with Gasteiger partial charge in [0, 0.05) is 7.05 Å². The standard InChI is InChI=1S/C17H23N3O4/c1-12-6-3-4-8-17(12)15(22)20(16(23)18-17)11-14(21)19(2)10-13-7-5-9-24-13/h5,7,9,12H,3-4,6,8,10-11H2,1-2H3,(H,18,23). The van der Waals surface area contributed by atoms with Crippen LogP contribution in [-0.2, 0) is 16.1 Å². The molecular formula is C17H23N3O4. The SMILES string of the molecule is CC1CCCCC12NC(=O)N(CC(=O)N(C)Cc1ccco1)C2=O. The predicted molar refractivity (Wildman–Crippen MR) is 85.8 cm³/mol. The van der Waals surface area contributed by atoms with Crippen LogP contribution in [-0.4, -0.2) is 46.8 Å². The van der Waals surface area contributed by atoms with Crippen molar-refractivity contribution in [2.24, 2.45) is 5.92 Å². The lowest BCUT2D eigenvalue weighted by Crippen LogP contribution is -2.54. The Bertz CT molecular complexity index is 642. The number of likely N-dealkylation sites (N-methyl/N-ethyl adjacent to an activating group) is 1. The Kier molecular flexibility index (Phi) is 4.34. The summed E-state index contributed by atoms with van der Waals surface area (Å²) in [7, 11) is 1.63. The van der Waals surface area contributed by atoms with Gasteiger partial charge in [-0.05, 0) is 30.9 Å². The van der Waals surface area contributed by atoms with Crippen molar-refractivity contribution < 1.29 is 18.8 Å². The first kappa shape index (κ1) is 16.5. The third-order valence-corrected chi connectivity index (χ3v) is 5.19. The highest BCUT2D eigenvalue weighted by Gasteiger charge is 2.55. The monoisotopic (exact) mass is 333 g/mol. The Morgan fingerprint density at radius 2 is 2.25 bits per heavy atom. The zero-order valence-electron chi connectivity index (χ0n) is 14.1. The maximum Gasteiger partial charge on any atom is 0.325 e. The van der Waals surface area contributed by atoms with Crippen LogP contribution in [0.15, 0.2) is 22.8 Å². The molecule has 0 radical (unpaired) electrons. The molecule has 3 rings (SSSR count). The number of nitrogens with zero attached hydrogens (tertiary/aromatic N) is 2. The second-order valence-electron chi connectivity index (χ2n) is 6.77. The lowest BCUT2D eigenvalue weighted by Gasteiger charge is -2.36. The van der Waals surface area contributed by atoms with Crippen LogP contribution in [0.1, 0.15) is 38.4 Å². The number of urea groups is 1. The minimum atomic E-state index is -0.824. The van der Waals surface area contributed by atoms with Gasteiger partial charge in [0.25, 0.3) is 5.91 Å². The largest absolute Gasteiger partial charge is 0.467 e. The molecule has 7 nitrogen and oxygen atoms in total. The number of amides is 4. The highest BCUT2D eigenvalue weighted by molar-refractivity contribution is 6.09. The maximum atomic E-state index is 12.8. The quantitative estimate of drug-likeness (QED) is 0.851. The molecule has 2 fully saturated rings. The van der Waals surface area contributed by atoms with E-state index in [0.29, 0.717) is 18.7 Å². The second-order valence-corrected chi connectivity index (χ2v) is 6.77. The molecule has 2 heterocycles. The number of rotatable bonds is 4. The van der Waals surface area contributed by atoms with Crippen molar-refractivity contribution in [2.45, 2.75) is 44.7 Å². The predicted octanol–water partition coefficient (Wildman–Crippen LogP) is 1.74. The average Bonchev–Trinajstić information content (AvgIpc) is 3.13. The first-order chi connectivity index (χ1) is 11.4. The Morgan fingerprint density at radius 1 is 1.46 bits per heavy atom. The molecule has 0 aromatic carbocycles. The molecule has 130 valence electrons. The van der Waals surface area contributed by atoms with Gasteiger partial charge in [-0.2, -0.15) is 0 Å². The van der Waals surface area contributed by atoms with Crippen LogP contribution in [0.4, 0.5) is 4.79 Å². The molecule has 1 aliphatic carbocycles. The van der Waals surface area contributed by atoms with Gasteiger partial charge in [0.15, 0.2) is 0 Å². The molecule has 1 aromatic heterocycles. The molecule has 1 saturated heterocycles. The van der Waals surface area contributed by atoms with Gasteiger partial charge in [-0.3, -0.25) is 14.5 Å². The highest BCUT2D eigenvalue weighted by Crippen LogP contribution is 2.38. The zero-order chi connectivity index (χ0) is 17.3. The Labute approximate surface area is 141 Å². The molecule has 1 N–H and O–H groups in total. The van der Waals surface area contributed by atoms with E-state index in [-0.39, 0.29) is 24.3 Å². The molecule has 1 saturated carbocycles. The first-order valence-corrected chi connectivity index (χ1v) is 8.34. The molecule has 0 bridgehead atoms. The lowest BCUT2D eigenvalue weighted by molar-refractivity contribution is -0.140. The molecule has 2 atom stereocenters. The Morgan fingerprint density at radius 3 is 2.92 bits per heavy atom. The van der Waals surface area contributed by atoms with Gasteiger partial charge in [-0.15, -0.1) is 0 Å². The molecule has 7 heteroatoms. The molecule has 2 unspecified atom stereocenters. The minimum Gasteiger partial charge on any atom is -0.467 e. The molecule has 2 aliphatic rings. The maximum absolute atomic E-state index is 12.8. The number of furan rings is 1. The van der Waals surface area contributed by atoms with Crippen LogP contribution in [0.5, 0.6) is 0 Å². The topological polar surface area (TPSA) is 82.9 Å². The molecule has 1 spiro atoms. The summed E-state index contributed by atoms with van der Waals surface area (Å²) in [6, 6.07) is 3.06. The van der Waals surface area contributed by atoms with Crippen molar-refractivity contribution >= 4 is 17.8 Å². The van der Waals surface area contributed by atoms with Crippen molar-refractivity contribution in [3.05, 3.63) is 24.2 Å². The number of carbonyl (C=O) groups excluding carboxylic acids is 3. The summed E-state index contributed by atoms with van der Waals surface area (Å²) in [6.45, 7) is 2.05. The van der Waals surface area contributed by atoms with Crippen LogP contribution in [0.2, 0.25) is 0 Å². The zero-order valence-corrected chi connectivity index (χ0v) is 14.1. The fourth-order valence-corrected chi connectivity index (χ4v) is 3.62. The van der Waals surface area contributed by atoms with Gasteiger partial charge in [-0.1, -0.05) is 19.8 Å². The Hall–Kier alpha value is -2.31. The number of imide groups is 1. The van der Waals surface area contributed by atoms with Crippen LogP contribution in [0, 0.1) is 5.92 Å². The smallest absolute Gasteiger partial charge is 0.325 e. The van der Waals surface area contributed by atoms with E-state index in [2.05, 4.69) is 5.32 Å². The second kappa shape index (κ2) is 6.30. The van der Waals surface area contributed by atoms with E-state index >= 15 is 0 Å². The third-order valence-electron chi connectivity index (χ3n) is 5.19. The number of nitrogens with one attached hydrogen (secondary N) is 1. The van der Waals surface area contributed by atoms with Crippen molar-refractivity contribution in [1.82, 2.24) is 15.1 Å². The van der Waals surface area contributed by atoms with Crippen LogP contribution < -0.4 is 5.32 Å². The summed E-state index contributed by atoms with van der Waals surface area (Å²) in [5.74, 6) is 0.180. The molecule has 4 amide bonds. The van der Waals surface area contributed by atoms with Gasteiger partial charge >= 0.3 is 6.03 Å². The van der Waals surface area contributed by atoms with E-state index in [9.17, 15) is 14.4 Å². The van der Waals surface area contributed by atoms with Gasteiger partial charge in [0.05, 0.1) is 12.8 Å². The van der Waals surface area contributed by atoms with Crippen molar-refractivity contribution in [1.29, 1.82) is 0 Å². The highest BCUT2D eigenvalue weighted by atomic mass is 16.3. The van der Waals surface area contributed by atoms with Gasteiger partial charge in [-0.25, -0.2) is 4.79 Å². The van der Waals surface area contributed by atoms with Gasteiger partial charge in [0.1, 0.15) is 17.8 Å². The summed E-state index contributed by atoms with van der Waals surface area (Å²) in [5.41, 5.74) is -0.824. The van der Waals surface area contributed by atoms with E-state index in [4.69, 9.17) is 4.42 Å².